The molecule has 6 nitrogen and oxygen atoms in total. The zero-order chi connectivity index (χ0) is 11.1. The second kappa shape index (κ2) is 5.51. The van der Waals surface area contributed by atoms with E-state index in [2.05, 4.69) is 15.3 Å². The molecule has 78 valence electrons. The van der Waals surface area contributed by atoms with Crippen molar-refractivity contribution < 1.29 is 9.90 Å². The molecule has 1 aromatic rings. The van der Waals surface area contributed by atoms with Gasteiger partial charge in [0.05, 0.1) is 6.54 Å². The fourth-order valence-corrected chi connectivity index (χ4v) is 1.02. The fourth-order valence-electron chi connectivity index (χ4n) is 1.02. The number of aliphatic carboxylic acids is 1. The Bertz CT molecular complexity index is 382. The predicted octanol–water partition coefficient (Wildman–Crippen LogP) is 1.99. The minimum Gasteiger partial charge on any atom is -0.480 e. The average molecular weight is 206 g/mol. The summed E-state index contributed by atoms with van der Waals surface area (Å²) >= 11 is 0. The van der Waals surface area contributed by atoms with Gasteiger partial charge in [0.25, 0.3) is 0 Å². The van der Waals surface area contributed by atoms with E-state index in [9.17, 15) is 4.79 Å². The monoisotopic (exact) mass is 206 g/mol. The van der Waals surface area contributed by atoms with Crippen molar-refractivity contribution in [2.75, 3.05) is 11.9 Å². The van der Waals surface area contributed by atoms with Crippen LogP contribution in [0.5, 0.6) is 0 Å². The number of nitrogens with zero attached hydrogens (tertiary/aromatic N) is 3. The maximum Gasteiger partial charge on any atom is 0.322 e. The Balaban J connectivity index is 2.55. The molecule has 0 aliphatic heterocycles. The number of carboxylic acids is 1. The van der Waals surface area contributed by atoms with E-state index in [1.54, 1.807) is 24.3 Å². The van der Waals surface area contributed by atoms with Crippen molar-refractivity contribution in [3.05, 3.63) is 40.3 Å². The summed E-state index contributed by atoms with van der Waals surface area (Å²) in [6, 6.07) is 7.04. The lowest BCUT2D eigenvalue weighted by molar-refractivity contribution is -0.134. The third kappa shape index (κ3) is 4.02. The van der Waals surface area contributed by atoms with E-state index in [1.165, 1.54) is 0 Å². The molecule has 0 heterocycles. The Kier molecular flexibility index (Phi) is 4.00. The van der Waals surface area contributed by atoms with Crippen LogP contribution in [0.3, 0.4) is 0 Å². The number of azide groups is 1. The molecule has 0 bridgehead atoms. The lowest BCUT2D eigenvalue weighted by Crippen LogP contribution is -2.12. The Labute approximate surface area is 86.2 Å². The van der Waals surface area contributed by atoms with Crippen LogP contribution in [0, 0.1) is 0 Å². The van der Waals surface area contributed by atoms with Crippen LogP contribution in [0.15, 0.2) is 29.4 Å². The van der Waals surface area contributed by atoms with Crippen LogP contribution in [0.4, 0.5) is 5.69 Å². The molecule has 1 aromatic carbocycles. The van der Waals surface area contributed by atoms with Crippen LogP contribution in [0.25, 0.3) is 10.4 Å². The molecule has 0 unspecified atom stereocenters. The van der Waals surface area contributed by atoms with Gasteiger partial charge in [-0.3, -0.25) is 4.79 Å². The first-order valence-corrected chi connectivity index (χ1v) is 4.28. The summed E-state index contributed by atoms with van der Waals surface area (Å²) < 4.78 is 0. The Morgan fingerprint density at radius 2 is 2.13 bits per heavy atom. The molecule has 15 heavy (non-hydrogen) atoms. The molecular formula is C9H10N4O2. The third-order valence-electron chi connectivity index (χ3n) is 1.71. The molecule has 0 aliphatic rings. The molecule has 0 radical (unpaired) electrons. The van der Waals surface area contributed by atoms with Gasteiger partial charge in [-0.2, -0.15) is 0 Å². The van der Waals surface area contributed by atoms with Gasteiger partial charge in [0, 0.05) is 10.6 Å². The summed E-state index contributed by atoms with van der Waals surface area (Å²) in [5.74, 6) is -0.909. The zero-order valence-corrected chi connectivity index (χ0v) is 7.92. The molecule has 0 fully saturated rings. The Morgan fingerprint density at radius 3 is 2.67 bits per heavy atom. The van der Waals surface area contributed by atoms with Gasteiger partial charge in [-0.15, -0.1) is 0 Å². The fraction of sp³-hybridized carbons (Fsp3) is 0.222. The van der Waals surface area contributed by atoms with Crippen molar-refractivity contribution in [2.24, 2.45) is 5.11 Å². The Morgan fingerprint density at radius 1 is 1.47 bits per heavy atom. The van der Waals surface area contributed by atoms with Crippen LogP contribution >= 0.6 is 0 Å². The van der Waals surface area contributed by atoms with Crippen LogP contribution in [0.2, 0.25) is 0 Å². The standard InChI is InChI=1S/C9H10N4O2/c10-13-12-5-7-1-3-8(4-2-7)11-6-9(14)15/h1-4,11H,5-6H2,(H,14,15). The number of benzene rings is 1. The second-order valence-electron chi connectivity index (χ2n) is 2.83. The molecular weight excluding hydrogens is 196 g/mol. The largest absolute Gasteiger partial charge is 0.480 e. The van der Waals surface area contributed by atoms with Crippen molar-refractivity contribution in [3.63, 3.8) is 0 Å². The number of carboxylic acid groups (broad SMARTS) is 1. The van der Waals surface area contributed by atoms with E-state index < -0.39 is 5.97 Å². The zero-order valence-electron chi connectivity index (χ0n) is 7.92. The highest BCUT2D eigenvalue weighted by Gasteiger charge is 1.96. The average Bonchev–Trinajstić information content (AvgIpc) is 2.25. The quantitative estimate of drug-likeness (QED) is 0.437. The van der Waals surface area contributed by atoms with Crippen molar-refractivity contribution in [1.29, 1.82) is 0 Å². The van der Waals surface area contributed by atoms with Gasteiger partial charge in [-0.25, -0.2) is 0 Å². The molecule has 0 spiro atoms. The molecule has 0 saturated carbocycles. The molecule has 2 N–H and O–H groups in total. The number of anilines is 1. The van der Waals surface area contributed by atoms with Crippen molar-refractivity contribution in [3.8, 4) is 0 Å². The van der Waals surface area contributed by atoms with E-state index in [-0.39, 0.29) is 6.54 Å². The summed E-state index contributed by atoms with van der Waals surface area (Å²) in [5, 5.41) is 14.6. The van der Waals surface area contributed by atoms with Crippen molar-refractivity contribution in [1.82, 2.24) is 0 Å². The SMILES string of the molecule is [N-]=[N+]=NCc1ccc(NCC(=O)O)cc1. The topological polar surface area (TPSA) is 98.1 Å². The van der Waals surface area contributed by atoms with Crippen LogP contribution in [-0.2, 0) is 11.3 Å². The predicted molar refractivity (Wildman–Crippen MR) is 55.4 cm³/mol. The van der Waals surface area contributed by atoms with Gasteiger partial charge in [-0.05, 0) is 23.2 Å². The highest BCUT2D eigenvalue weighted by Crippen LogP contribution is 2.09. The van der Waals surface area contributed by atoms with Gasteiger partial charge in [0.1, 0.15) is 6.54 Å². The van der Waals surface area contributed by atoms with Crippen LogP contribution in [-0.4, -0.2) is 17.6 Å². The Hall–Kier alpha value is -2.20. The molecule has 0 aromatic heterocycles. The molecule has 0 amide bonds. The first-order valence-electron chi connectivity index (χ1n) is 4.28. The van der Waals surface area contributed by atoms with Gasteiger partial charge in [0.15, 0.2) is 0 Å². The van der Waals surface area contributed by atoms with E-state index >= 15 is 0 Å². The van der Waals surface area contributed by atoms with E-state index in [1.807, 2.05) is 0 Å². The highest BCUT2D eigenvalue weighted by molar-refractivity contribution is 5.72. The lowest BCUT2D eigenvalue weighted by atomic mass is 10.2. The molecule has 0 aliphatic carbocycles. The third-order valence-corrected chi connectivity index (χ3v) is 1.71. The highest BCUT2D eigenvalue weighted by atomic mass is 16.4. The first kappa shape index (κ1) is 10.9. The number of rotatable bonds is 5. The van der Waals surface area contributed by atoms with Crippen LogP contribution in [0.1, 0.15) is 5.56 Å². The number of hydrogen-bond acceptors (Lipinski definition) is 3. The normalized spacial score (nSPS) is 9.07. The summed E-state index contributed by atoms with van der Waals surface area (Å²) in [5.41, 5.74) is 9.72. The maximum atomic E-state index is 10.3. The van der Waals surface area contributed by atoms with Crippen molar-refractivity contribution >= 4 is 11.7 Å². The number of carbonyl (C=O) groups is 1. The number of hydrogen-bond donors (Lipinski definition) is 2. The molecule has 6 heteroatoms. The lowest BCUT2D eigenvalue weighted by Gasteiger charge is -2.03. The van der Waals surface area contributed by atoms with E-state index in [0.29, 0.717) is 6.54 Å². The minimum atomic E-state index is -0.909. The summed E-state index contributed by atoms with van der Waals surface area (Å²) in [6.07, 6.45) is 0. The second-order valence-corrected chi connectivity index (χ2v) is 2.83. The first-order chi connectivity index (χ1) is 7.22. The van der Waals surface area contributed by atoms with Gasteiger partial charge in [0.2, 0.25) is 0 Å². The van der Waals surface area contributed by atoms with Gasteiger partial charge < -0.3 is 10.4 Å². The van der Waals surface area contributed by atoms with E-state index in [0.717, 1.165) is 11.3 Å². The summed E-state index contributed by atoms with van der Waals surface area (Å²) in [4.78, 5) is 12.9. The molecule has 0 atom stereocenters. The van der Waals surface area contributed by atoms with E-state index in [4.69, 9.17) is 10.6 Å². The molecule has 0 saturated heterocycles. The summed E-state index contributed by atoms with van der Waals surface area (Å²) in [6.45, 7) is 0.186. The minimum absolute atomic E-state index is 0.115. The van der Waals surface area contributed by atoms with Gasteiger partial charge in [-0.1, -0.05) is 17.2 Å². The van der Waals surface area contributed by atoms with Crippen molar-refractivity contribution in [2.45, 2.75) is 6.54 Å². The maximum absolute atomic E-state index is 10.3. The van der Waals surface area contributed by atoms with Crippen LogP contribution < -0.4 is 5.32 Å². The molecule has 1 rings (SSSR count). The smallest absolute Gasteiger partial charge is 0.322 e. The summed E-state index contributed by atoms with van der Waals surface area (Å²) in [7, 11) is 0. The van der Waals surface area contributed by atoms with Gasteiger partial charge >= 0.3 is 5.97 Å². The number of nitrogens with one attached hydrogen (secondary N) is 1.